The van der Waals surface area contributed by atoms with E-state index in [2.05, 4.69) is 42.1 Å². The Morgan fingerprint density at radius 3 is 2.40 bits per heavy atom. The third kappa shape index (κ3) is 1.69. The smallest absolute Gasteiger partial charge is 0.0699 e. The average molecular weight is 207 g/mol. The maximum absolute atomic E-state index is 4.47. The first-order valence-electron chi connectivity index (χ1n) is 5.77. The van der Waals surface area contributed by atoms with Crippen LogP contribution in [0.4, 0.5) is 0 Å². The summed E-state index contributed by atoms with van der Waals surface area (Å²) in [5.74, 6) is 0. The van der Waals surface area contributed by atoms with Crippen molar-refractivity contribution in [1.29, 1.82) is 0 Å². The first kappa shape index (κ1) is 10.7. The monoisotopic (exact) mass is 207 g/mol. The van der Waals surface area contributed by atoms with E-state index in [1.54, 1.807) is 0 Å². The summed E-state index contributed by atoms with van der Waals surface area (Å²) in [7, 11) is 0. The van der Waals surface area contributed by atoms with Gasteiger partial charge in [-0.1, -0.05) is 20.8 Å². The third-order valence-electron chi connectivity index (χ3n) is 3.77. The Balaban J connectivity index is 2.39. The molecule has 0 atom stereocenters. The van der Waals surface area contributed by atoms with Crippen LogP contribution in [0.3, 0.4) is 0 Å². The van der Waals surface area contributed by atoms with Crippen molar-refractivity contribution in [2.24, 2.45) is 5.41 Å². The zero-order valence-electron chi connectivity index (χ0n) is 9.95. The summed E-state index contributed by atoms with van der Waals surface area (Å²) in [5, 5.41) is 7.90. The number of piperidine rings is 1. The number of aromatic nitrogens is 2. The van der Waals surface area contributed by atoms with Crippen LogP contribution in [0.2, 0.25) is 0 Å². The summed E-state index contributed by atoms with van der Waals surface area (Å²) in [6.07, 6.45) is 6.32. The van der Waals surface area contributed by atoms with Crippen LogP contribution in [0.1, 0.15) is 33.6 Å². The highest BCUT2D eigenvalue weighted by Crippen LogP contribution is 2.43. The van der Waals surface area contributed by atoms with E-state index in [1.807, 2.05) is 12.3 Å². The lowest BCUT2D eigenvalue weighted by Gasteiger charge is -2.47. The van der Waals surface area contributed by atoms with E-state index in [9.17, 15) is 0 Å². The molecule has 0 aliphatic carbocycles. The molecule has 2 heterocycles. The molecule has 0 radical (unpaired) electrons. The van der Waals surface area contributed by atoms with Gasteiger partial charge in [0.25, 0.3) is 0 Å². The molecule has 2 rings (SSSR count). The molecule has 0 bridgehead atoms. The molecule has 0 saturated carbocycles. The van der Waals surface area contributed by atoms with E-state index in [-0.39, 0.29) is 11.0 Å². The maximum Gasteiger partial charge on any atom is 0.0699 e. The van der Waals surface area contributed by atoms with Crippen LogP contribution in [-0.4, -0.2) is 22.9 Å². The van der Waals surface area contributed by atoms with Gasteiger partial charge in [-0.15, -0.1) is 0 Å². The second-order valence-corrected chi connectivity index (χ2v) is 5.48. The summed E-state index contributed by atoms with van der Waals surface area (Å²) < 4.78 is 2.17. The Morgan fingerprint density at radius 1 is 1.27 bits per heavy atom. The molecular formula is C12H21N3. The largest absolute Gasteiger partial charge is 0.317 e. The summed E-state index contributed by atoms with van der Waals surface area (Å²) in [6, 6.07) is 2.02. The molecule has 0 spiro atoms. The molecule has 0 aromatic carbocycles. The van der Waals surface area contributed by atoms with Crippen molar-refractivity contribution in [3.05, 3.63) is 18.5 Å². The second-order valence-electron chi connectivity index (χ2n) is 5.48. The fourth-order valence-corrected chi connectivity index (χ4v) is 2.69. The van der Waals surface area contributed by atoms with E-state index < -0.39 is 0 Å². The number of nitrogens with one attached hydrogen (secondary N) is 1. The van der Waals surface area contributed by atoms with Crippen molar-refractivity contribution < 1.29 is 0 Å². The minimum Gasteiger partial charge on any atom is -0.317 e. The molecule has 1 fully saturated rings. The van der Waals surface area contributed by atoms with E-state index >= 15 is 0 Å². The fourth-order valence-electron chi connectivity index (χ4n) is 2.69. The van der Waals surface area contributed by atoms with Crippen molar-refractivity contribution in [3.8, 4) is 0 Å². The number of hydrogen-bond acceptors (Lipinski definition) is 2. The lowest BCUT2D eigenvalue weighted by atomic mass is 9.68. The minimum absolute atomic E-state index is 0.182. The molecule has 15 heavy (non-hydrogen) atoms. The van der Waals surface area contributed by atoms with Crippen LogP contribution in [0.25, 0.3) is 0 Å². The molecule has 1 aliphatic heterocycles. The fraction of sp³-hybridized carbons (Fsp3) is 0.750. The van der Waals surface area contributed by atoms with Crippen molar-refractivity contribution in [2.75, 3.05) is 13.1 Å². The van der Waals surface area contributed by atoms with Gasteiger partial charge in [-0.05, 0) is 37.4 Å². The molecule has 1 aliphatic rings. The molecule has 1 aromatic rings. The van der Waals surface area contributed by atoms with E-state index in [4.69, 9.17) is 0 Å². The van der Waals surface area contributed by atoms with Gasteiger partial charge in [-0.2, -0.15) is 5.10 Å². The number of nitrogens with zero attached hydrogens (tertiary/aromatic N) is 2. The Bertz CT molecular complexity index is 302. The van der Waals surface area contributed by atoms with Gasteiger partial charge in [0, 0.05) is 12.4 Å². The highest BCUT2D eigenvalue weighted by molar-refractivity contribution is 5.00. The Kier molecular flexibility index (Phi) is 2.59. The summed E-state index contributed by atoms with van der Waals surface area (Å²) in [5.41, 5.74) is 0.433. The maximum atomic E-state index is 4.47. The highest BCUT2D eigenvalue weighted by Gasteiger charge is 2.44. The van der Waals surface area contributed by atoms with Crippen molar-refractivity contribution in [3.63, 3.8) is 0 Å². The second kappa shape index (κ2) is 3.63. The van der Waals surface area contributed by atoms with Gasteiger partial charge >= 0.3 is 0 Å². The SMILES string of the molecule is CC(C)(C)C1(n2cccn2)CCNCC1. The number of hydrogen-bond donors (Lipinski definition) is 1. The third-order valence-corrected chi connectivity index (χ3v) is 3.77. The number of rotatable bonds is 1. The van der Waals surface area contributed by atoms with Crippen LogP contribution >= 0.6 is 0 Å². The Labute approximate surface area is 91.9 Å². The Hall–Kier alpha value is -0.830. The topological polar surface area (TPSA) is 29.9 Å². The quantitative estimate of drug-likeness (QED) is 0.763. The van der Waals surface area contributed by atoms with Crippen LogP contribution in [-0.2, 0) is 5.54 Å². The molecule has 3 nitrogen and oxygen atoms in total. The van der Waals surface area contributed by atoms with Gasteiger partial charge in [0.2, 0.25) is 0 Å². The summed E-state index contributed by atoms with van der Waals surface area (Å²) >= 11 is 0. The highest BCUT2D eigenvalue weighted by atomic mass is 15.3. The normalized spacial score (nSPS) is 21.5. The summed E-state index contributed by atoms with van der Waals surface area (Å²) in [6.45, 7) is 9.15. The van der Waals surface area contributed by atoms with E-state index in [0.717, 1.165) is 25.9 Å². The predicted molar refractivity (Wildman–Crippen MR) is 61.8 cm³/mol. The van der Waals surface area contributed by atoms with Crippen LogP contribution in [0.5, 0.6) is 0 Å². The molecular weight excluding hydrogens is 186 g/mol. The van der Waals surface area contributed by atoms with Gasteiger partial charge in [0.05, 0.1) is 5.54 Å². The van der Waals surface area contributed by atoms with Gasteiger partial charge < -0.3 is 5.32 Å². The molecule has 0 unspecified atom stereocenters. The lowest BCUT2D eigenvalue weighted by Crippen LogP contribution is -2.52. The summed E-state index contributed by atoms with van der Waals surface area (Å²) in [4.78, 5) is 0. The molecule has 3 heteroatoms. The minimum atomic E-state index is 0.182. The molecule has 0 amide bonds. The van der Waals surface area contributed by atoms with E-state index in [1.165, 1.54) is 0 Å². The molecule has 1 saturated heterocycles. The standard InChI is InChI=1S/C12H21N3/c1-11(2,3)12(5-8-13-9-6-12)15-10-4-7-14-15/h4,7,10,13H,5-6,8-9H2,1-3H3. The van der Waals surface area contributed by atoms with E-state index in [0.29, 0.717) is 0 Å². The lowest BCUT2D eigenvalue weighted by molar-refractivity contribution is 0.0454. The van der Waals surface area contributed by atoms with Crippen molar-refractivity contribution >= 4 is 0 Å². The molecule has 1 N–H and O–H groups in total. The van der Waals surface area contributed by atoms with Crippen LogP contribution < -0.4 is 5.32 Å². The zero-order valence-corrected chi connectivity index (χ0v) is 9.95. The average Bonchev–Trinajstić information content (AvgIpc) is 2.70. The van der Waals surface area contributed by atoms with Gasteiger partial charge in [0.1, 0.15) is 0 Å². The van der Waals surface area contributed by atoms with Crippen LogP contribution in [0.15, 0.2) is 18.5 Å². The predicted octanol–water partition coefficient (Wildman–Crippen LogP) is 2.01. The molecule has 1 aromatic heterocycles. The van der Waals surface area contributed by atoms with Gasteiger partial charge in [-0.3, -0.25) is 4.68 Å². The van der Waals surface area contributed by atoms with Crippen molar-refractivity contribution in [2.45, 2.75) is 39.2 Å². The van der Waals surface area contributed by atoms with Crippen LogP contribution in [0, 0.1) is 5.41 Å². The zero-order chi connectivity index (χ0) is 10.9. The molecule has 84 valence electrons. The van der Waals surface area contributed by atoms with Gasteiger partial charge in [0.15, 0.2) is 0 Å². The first-order valence-corrected chi connectivity index (χ1v) is 5.77. The van der Waals surface area contributed by atoms with Crippen molar-refractivity contribution in [1.82, 2.24) is 15.1 Å². The Morgan fingerprint density at radius 2 is 1.93 bits per heavy atom. The first-order chi connectivity index (χ1) is 7.06. The van der Waals surface area contributed by atoms with Gasteiger partial charge in [-0.25, -0.2) is 0 Å².